The topological polar surface area (TPSA) is 68.4 Å². The molecule has 4 unspecified atom stereocenters. The number of hydrogen-bond donors (Lipinski definition) is 4. The van der Waals surface area contributed by atoms with Crippen LogP contribution in [0.2, 0.25) is 0 Å². The molecule has 0 saturated carbocycles. The van der Waals surface area contributed by atoms with Gasteiger partial charge >= 0.3 is 0 Å². The number of likely N-dealkylation sites (N-methyl/N-ethyl adjacent to an activating group) is 1. The van der Waals surface area contributed by atoms with Crippen LogP contribution in [0, 0.1) is 11.7 Å². The minimum atomic E-state index is -0.261. The van der Waals surface area contributed by atoms with E-state index in [-0.39, 0.29) is 42.1 Å². The highest BCUT2D eigenvalue weighted by molar-refractivity contribution is 5.85. The predicted molar refractivity (Wildman–Crippen MR) is 97.9 cm³/mol. The lowest BCUT2D eigenvalue weighted by molar-refractivity contribution is -0.124. The van der Waals surface area contributed by atoms with Crippen molar-refractivity contribution in [3.63, 3.8) is 0 Å². The summed E-state index contributed by atoms with van der Waals surface area (Å²) in [5, 5.41) is 6.37. The predicted octanol–water partition coefficient (Wildman–Crippen LogP) is 0.421. The normalized spacial score (nSPS) is 26.6. The van der Waals surface area contributed by atoms with Gasteiger partial charge in [-0.2, -0.15) is 0 Å². The summed E-state index contributed by atoms with van der Waals surface area (Å²) in [4.78, 5) is 14.6. The first-order valence-electron chi connectivity index (χ1n) is 8.47. The molecule has 0 radical (unpaired) electrons. The number of nitrogens with zero attached hydrogens (tertiary/aromatic N) is 1. The van der Waals surface area contributed by atoms with E-state index >= 15 is 0 Å². The maximum absolute atomic E-state index is 13.5. The molecule has 1 aromatic rings. The molecule has 1 amide bonds. The fourth-order valence-electron chi connectivity index (χ4n) is 3.60. The first-order chi connectivity index (χ1) is 11.6. The molecule has 0 aromatic heterocycles. The van der Waals surface area contributed by atoms with E-state index in [0.717, 1.165) is 25.1 Å². The second-order valence-electron chi connectivity index (χ2n) is 6.81. The van der Waals surface area contributed by atoms with Gasteiger partial charge in [0.15, 0.2) is 0 Å². The van der Waals surface area contributed by atoms with Gasteiger partial charge in [0.2, 0.25) is 5.91 Å². The molecule has 2 aliphatic rings. The molecule has 140 valence electrons. The third-order valence-electron chi connectivity index (χ3n) is 4.99. The van der Waals surface area contributed by atoms with Crippen LogP contribution in [0.3, 0.4) is 0 Å². The highest BCUT2D eigenvalue weighted by Crippen LogP contribution is 2.21. The molecule has 2 aliphatic heterocycles. The van der Waals surface area contributed by atoms with Gasteiger partial charge in [-0.15, -0.1) is 12.4 Å². The number of hydrogen-bond acceptors (Lipinski definition) is 5. The highest BCUT2D eigenvalue weighted by atomic mass is 35.5. The van der Waals surface area contributed by atoms with Gasteiger partial charge in [-0.1, -0.05) is 12.1 Å². The van der Waals surface area contributed by atoms with Crippen LogP contribution in [0.1, 0.15) is 18.0 Å². The van der Waals surface area contributed by atoms with Gasteiger partial charge in [0.25, 0.3) is 0 Å². The molecule has 2 fully saturated rings. The molecular formula is C17H27ClFN5O. The first kappa shape index (κ1) is 20.1. The third kappa shape index (κ3) is 4.68. The summed E-state index contributed by atoms with van der Waals surface area (Å²) in [7, 11) is 3.86. The molecule has 0 bridgehead atoms. The molecule has 1 aromatic carbocycles. The summed E-state index contributed by atoms with van der Waals surface area (Å²) in [6.45, 7) is 2.26. The van der Waals surface area contributed by atoms with E-state index in [1.165, 1.54) is 12.1 Å². The maximum atomic E-state index is 13.5. The van der Waals surface area contributed by atoms with Crippen molar-refractivity contribution in [1.29, 1.82) is 0 Å². The first-order valence-corrected chi connectivity index (χ1v) is 8.47. The average Bonchev–Trinajstić information content (AvgIpc) is 2.99. The maximum Gasteiger partial charge on any atom is 0.238 e. The number of piperidine rings is 1. The summed E-state index contributed by atoms with van der Waals surface area (Å²) in [5.41, 5.74) is 7.21. The Kier molecular flexibility index (Phi) is 7.15. The summed E-state index contributed by atoms with van der Waals surface area (Å²) in [5.74, 6) is -0.0175. The Labute approximate surface area is 154 Å². The Morgan fingerprint density at radius 3 is 2.92 bits per heavy atom. The standard InChI is InChI=1S/C17H26FN5O.ClH/c1-23(2)15(11-4-3-5-12(18)8-11)10-20-17(24)16-13-9-19-7-6-14(13)21-22-16;/h3-5,8,13-16,19,21-22H,6-7,9-10H2,1-2H3,(H,20,24);1H. The Hall–Kier alpha value is -1.25. The Morgan fingerprint density at radius 2 is 2.20 bits per heavy atom. The molecule has 6 nitrogen and oxygen atoms in total. The SMILES string of the molecule is CN(C)C(CNC(=O)C1NNC2CCNCC21)c1cccc(F)c1.Cl. The van der Waals surface area contributed by atoms with Crippen LogP contribution in [0.25, 0.3) is 0 Å². The van der Waals surface area contributed by atoms with E-state index in [0.29, 0.717) is 12.6 Å². The average molecular weight is 372 g/mol. The monoisotopic (exact) mass is 371 g/mol. The number of nitrogens with one attached hydrogen (secondary N) is 4. The molecule has 2 heterocycles. The Balaban J connectivity index is 0.00000225. The van der Waals surface area contributed by atoms with Crippen LogP contribution in [0.5, 0.6) is 0 Å². The van der Waals surface area contributed by atoms with E-state index in [2.05, 4.69) is 21.5 Å². The zero-order valence-corrected chi connectivity index (χ0v) is 15.4. The van der Waals surface area contributed by atoms with Crippen molar-refractivity contribution < 1.29 is 9.18 Å². The van der Waals surface area contributed by atoms with Gasteiger partial charge in [0, 0.05) is 25.0 Å². The molecule has 8 heteroatoms. The smallest absolute Gasteiger partial charge is 0.238 e. The number of amides is 1. The summed E-state index contributed by atoms with van der Waals surface area (Å²) < 4.78 is 13.5. The van der Waals surface area contributed by atoms with Crippen LogP contribution in [-0.4, -0.2) is 56.6 Å². The Morgan fingerprint density at radius 1 is 1.40 bits per heavy atom. The van der Waals surface area contributed by atoms with Crippen molar-refractivity contribution in [1.82, 2.24) is 26.4 Å². The zero-order valence-electron chi connectivity index (χ0n) is 14.6. The molecular weight excluding hydrogens is 345 g/mol. The van der Waals surface area contributed by atoms with Gasteiger partial charge in [-0.25, -0.2) is 9.82 Å². The lowest BCUT2D eigenvalue weighted by Crippen LogP contribution is -2.50. The third-order valence-corrected chi connectivity index (χ3v) is 4.99. The van der Waals surface area contributed by atoms with Crippen LogP contribution in [-0.2, 0) is 4.79 Å². The minimum absolute atomic E-state index is 0. The van der Waals surface area contributed by atoms with Gasteiger partial charge in [0.1, 0.15) is 11.9 Å². The fourth-order valence-corrected chi connectivity index (χ4v) is 3.60. The molecule has 25 heavy (non-hydrogen) atoms. The van der Waals surface area contributed by atoms with Crippen molar-refractivity contribution in [3.05, 3.63) is 35.6 Å². The summed E-state index contributed by atoms with van der Waals surface area (Å²) in [6.07, 6.45) is 1.02. The number of carbonyl (C=O) groups is 1. The fraction of sp³-hybridized carbons (Fsp3) is 0.588. The van der Waals surface area contributed by atoms with Gasteiger partial charge in [-0.05, 0) is 44.8 Å². The zero-order chi connectivity index (χ0) is 17.1. The van der Waals surface area contributed by atoms with Crippen LogP contribution < -0.4 is 21.5 Å². The van der Waals surface area contributed by atoms with E-state index in [1.54, 1.807) is 6.07 Å². The number of benzene rings is 1. The van der Waals surface area contributed by atoms with Gasteiger partial charge in [-0.3, -0.25) is 10.2 Å². The summed E-state index contributed by atoms with van der Waals surface area (Å²) >= 11 is 0. The minimum Gasteiger partial charge on any atom is -0.353 e. The summed E-state index contributed by atoms with van der Waals surface area (Å²) in [6, 6.07) is 6.57. The van der Waals surface area contributed by atoms with E-state index < -0.39 is 0 Å². The van der Waals surface area contributed by atoms with E-state index in [9.17, 15) is 9.18 Å². The molecule has 0 spiro atoms. The Bertz CT molecular complexity index is 588. The van der Waals surface area contributed by atoms with Crippen molar-refractivity contribution in [3.8, 4) is 0 Å². The lowest BCUT2D eigenvalue weighted by atomic mass is 9.89. The number of hydrazine groups is 1. The molecule has 4 N–H and O–H groups in total. The highest BCUT2D eigenvalue weighted by Gasteiger charge is 2.41. The van der Waals surface area contributed by atoms with Crippen LogP contribution in [0.4, 0.5) is 4.39 Å². The molecule has 0 aliphatic carbocycles. The van der Waals surface area contributed by atoms with Crippen LogP contribution in [0.15, 0.2) is 24.3 Å². The van der Waals surface area contributed by atoms with Crippen LogP contribution >= 0.6 is 12.4 Å². The van der Waals surface area contributed by atoms with Gasteiger partial charge in [0.05, 0.1) is 6.04 Å². The van der Waals surface area contributed by atoms with Crippen molar-refractivity contribution in [2.24, 2.45) is 5.92 Å². The van der Waals surface area contributed by atoms with Crippen molar-refractivity contribution >= 4 is 18.3 Å². The van der Waals surface area contributed by atoms with E-state index in [4.69, 9.17) is 0 Å². The van der Waals surface area contributed by atoms with Gasteiger partial charge < -0.3 is 15.5 Å². The molecule has 2 saturated heterocycles. The van der Waals surface area contributed by atoms with E-state index in [1.807, 2.05) is 25.1 Å². The second kappa shape index (κ2) is 8.91. The number of rotatable bonds is 5. The molecule has 3 rings (SSSR count). The quantitative estimate of drug-likeness (QED) is 0.604. The number of carbonyl (C=O) groups excluding carboxylic acids is 1. The van der Waals surface area contributed by atoms with Crippen molar-refractivity contribution in [2.75, 3.05) is 33.7 Å². The number of fused-ring (bicyclic) bond motifs is 1. The second-order valence-corrected chi connectivity index (χ2v) is 6.81. The lowest BCUT2D eigenvalue weighted by Gasteiger charge is -2.29. The largest absolute Gasteiger partial charge is 0.353 e. The number of halogens is 2. The van der Waals surface area contributed by atoms with Crippen molar-refractivity contribution in [2.45, 2.75) is 24.5 Å². The molecule has 4 atom stereocenters.